The van der Waals surface area contributed by atoms with Crippen LogP contribution >= 0.6 is 11.3 Å². The third-order valence-electron chi connectivity index (χ3n) is 4.23. The van der Waals surface area contributed by atoms with E-state index in [2.05, 4.69) is 30.6 Å². The highest BCUT2D eigenvalue weighted by atomic mass is 32.1. The third kappa shape index (κ3) is 4.59. The Balaban J connectivity index is 1.60. The maximum atomic E-state index is 6.08. The van der Waals surface area contributed by atoms with Crippen LogP contribution in [0.1, 0.15) is 49.5 Å². The molecule has 1 N–H and O–H groups in total. The molecule has 0 aromatic carbocycles. The zero-order chi connectivity index (χ0) is 13.5. The summed E-state index contributed by atoms with van der Waals surface area (Å²) in [7, 11) is 0. The summed E-state index contributed by atoms with van der Waals surface area (Å²) in [5.74, 6) is 0.799. The number of hydrogen-bond donors (Lipinski definition) is 1. The van der Waals surface area contributed by atoms with Crippen LogP contribution in [0.3, 0.4) is 0 Å². The van der Waals surface area contributed by atoms with E-state index in [1.807, 2.05) is 11.3 Å². The topological polar surface area (TPSA) is 21.3 Å². The van der Waals surface area contributed by atoms with Crippen LogP contribution in [0.2, 0.25) is 0 Å². The predicted octanol–water partition coefficient (Wildman–Crippen LogP) is 4.13. The highest BCUT2D eigenvalue weighted by Crippen LogP contribution is 2.28. The first kappa shape index (κ1) is 15.0. The fourth-order valence-electron chi connectivity index (χ4n) is 2.93. The van der Waals surface area contributed by atoms with E-state index in [1.54, 1.807) is 0 Å². The molecule has 108 valence electrons. The summed E-state index contributed by atoms with van der Waals surface area (Å²) in [6.07, 6.45) is 7.17. The fourth-order valence-corrected chi connectivity index (χ4v) is 3.81. The van der Waals surface area contributed by atoms with Crippen molar-refractivity contribution in [1.82, 2.24) is 5.32 Å². The van der Waals surface area contributed by atoms with Crippen LogP contribution in [0.4, 0.5) is 0 Å². The number of rotatable bonds is 7. The Morgan fingerprint density at radius 1 is 1.37 bits per heavy atom. The van der Waals surface area contributed by atoms with Crippen molar-refractivity contribution in [2.24, 2.45) is 5.92 Å². The maximum absolute atomic E-state index is 6.08. The van der Waals surface area contributed by atoms with Crippen LogP contribution in [0, 0.1) is 12.8 Å². The lowest BCUT2D eigenvalue weighted by Crippen LogP contribution is -2.30. The van der Waals surface area contributed by atoms with Gasteiger partial charge in [-0.1, -0.05) is 26.2 Å². The van der Waals surface area contributed by atoms with Gasteiger partial charge in [-0.15, -0.1) is 11.3 Å². The highest BCUT2D eigenvalue weighted by Gasteiger charge is 2.23. The number of nitrogens with one attached hydrogen (secondary N) is 1. The molecule has 3 heteroatoms. The molecule has 1 aromatic rings. The average molecular weight is 281 g/mol. The van der Waals surface area contributed by atoms with Gasteiger partial charge in [0.1, 0.15) is 0 Å². The van der Waals surface area contributed by atoms with Crippen molar-refractivity contribution in [3.8, 4) is 0 Å². The van der Waals surface area contributed by atoms with Gasteiger partial charge in [-0.05, 0) is 42.7 Å². The van der Waals surface area contributed by atoms with E-state index in [0.717, 1.165) is 25.6 Å². The molecule has 0 saturated heterocycles. The van der Waals surface area contributed by atoms with Crippen molar-refractivity contribution < 1.29 is 4.74 Å². The van der Waals surface area contributed by atoms with Gasteiger partial charge in [0.25, 0.3) is 0 Å². The standard InChI is InChI=1S/C16H27NOS/c1-3-14-6-4-5-7-15(14)18-10-9-17-12-16-13(2)8-11-19-16/h8,11,14-15,17H,3-7,9-10,12H2,1-2H3. The Hall–Kier alpha value is -0.380. The Morgan fingerprint density at radius 3 is 2.95 bits per heavy atom. The Kier molecular flexibility index (Phi) is 6.35. The van der Waals surface area contributed by atoms with Crippen molar-refractivity contribution in [3.05, 3.63) is 21.9 Å². The van der Waals surface area contributed by atoms with Crippen LogP contribution < -0.4 is 5.32 Å². The molecule has 2 nitrogen and oxygen atoms in total. The normalized spacial score (nSPS) is 23.7. The first-order chi connectivity index (χ1) is 9.31. The molecule has 0 aliphatic heterocycles. The third-order valence-corrected chi connectivity index (χ3v) is 5.25. The van der Waals surface area contributed by atoms with Crippen LogP contribution in [0.5, 0.6) is 0 Å². The zero-order valence-electron chi connectivity index (χ0n) is 12.3. The molecule has 0 radical (unpaired) electrons. The van der Waals surface area contributed by atoms with Gasteiger partial charge in [0.05, 0.1) is 12.7 Å². The second-order valence-electron chi connectivity index (χ2n) is 5.57. The quantitative estimate of drug-likeness (QED) is 0.759. The highest BCUT2D eigenvalue weighted by molar-refractivity contribution is 7.10. The molecule has 1 aliphatic rings. The van der Waals surface area contributed by atoms with Gasteiger partial charge in [0.15, 0.2) is 0 Å². The second-order valence-corrected chi connectivity index (χ2v) is 6.57. The molecule has 2 rings (SSSR count). The Bertz CT molecular complexity index is 363. The van der Waals surface area contributed by atoms with E-state index in [-0.39, 0.29) is 0 Å². The lowest BCUT2D eigenvalue weighted by atomic mass is 9.85. The average Bonchev–Trinajstić information content (AvgIpc) is 2.84. The molecular weight excluding hydrogens is 254 g/mol. The van der Waals surface area contributed by atoms with Crippen molar-refractivity contribution in [2.45, 2.75) is 58.6 Å². The van der Waals surface area contributed by atoms with Crippen molar-refractivity contribution >= 4 is 11.3 Å². The second kappa shape index (κ2) is 8.03. The van der Waals surface area contributed by atoms with E-state index in [1.165, 1.54) is 42.5 Å². The summed E-state index contributed by atoms with van der Waals surface area (Å²) in [6, 6.07) is 2.19. The number of aryl methyl sites for hydroxylation is 1. The summed E-state index contributed by atoms with van der Waals surface area (Å²) < 4.78 is 6.08. The molecule has 19 heavy (non-hydrogen) atoms. The van der Waals surface area contributed by atoms with Gasteiger partial charge in [-0.3, -0.25) is 0 Å². The lowest BCUT2D eigenvalue weighted by Gasteiger charge is -2.30. The smallest absolute Gasteiger partial charge is 0.0603 e. The van der Waals surface area contributed by atoms with Gasteiger partial charge in [0.2, 0.25) is 0 Å². The van der Waals surface area contributed by atoms with Gasteiger partial charge < -0.3 is 10.1 Å². The van der Waals surface area contributed by atoms with Gasteiger partial charge in [0, 0.05) is 18.0 Å². The zero-order valence-corrected chi connectivity index (χ0v) is 13.1. The van der Waals surface area contributed by atoms with Crippen LogP contribution in [-0.2, 0) is 11.3 Å². The molecule has 1 fully saturated rings. The number of ether oxygens (including phenoxy) is 1. The van der Waals surface area contributed by atoms with Gasteiger partial charge in [-0.25, -0.2) is 0 Å². The lowest BCUT2D eigenvalue weighted by molar-refractivity contribution is -0.0103. The molecule has 0 spiro atoms. The first-order valence-electron chi connectivity index (χ1n) is 7.66. The van der Waals surface area contributed by atoms with E-state index in [9.17, 15) is 0 Å². The molecule has 1 heterocycles. The minimum absolute atomic E-state index is 0.518. The minimum Gasteiger partial charge on any atom is -0.377 e. The summed E-state index contributed by atoms with van der Waals surface area (Å²) >= 11 is 1.84. The molecule has 1 aromatic heterocycles. The van der Waals surface area contributed by atoms with Gasteiger partial charge in [-0.2, -0.15) is 0 Å². The van der Waals surface area contributed by atoms with Crippen molar-refractivity contribution in [1.29, 1.82) is 0 Å². The molecule has 0 bridgehead atoms. The molecule has 1 saturated carbocycles. The largest absolute Gasteiger partial charge is 0.377 e. The van der Waals surface area contributed by atoms with Crippen molar-refractivity contribution in [3.63, 3.8) is 0 Å². The molecule has 2 atom stereocenters. The van der Waals surface area contributed by atoms with E-state index >= 15 is 0 Å². The summed E-state index contributed by atoms with van der Waals surface area (Å²) in [6.45, 7) is 7.27. The summed E-state index contributed by atoms with van der Waals surface area (Å²) in [5.41, 5.74) is 1.40. The monoisotopic (exact) mass is 281 g/mol. The fraction of sp³-hybridized carbons (Fsp3) is 0.750. The molecule has 1 aliphatic carbocycles. The number of thiophene rings is 1. The minimum atomic E-state index is 0.518. The Labute approximate surface area is 121 Å². The van der Waals surface area contributed by atoms with Crippen LogP contribution in [-0.4, -0.2) is 19.3 Å². The molecular formula is C16H27NOS. The van der Waals surface area contributed by atoms with Crippen LogP contribution in [0.15, 0.2) is 11.4 Å². The van der Waals surface area contributed by atoms with Crippen molar-refractivity contribution in [2.75, 3.05) is 13.2 Å². The maximum Gasteiger partial charge on any atom is 0.0603 e. The van der Waals surface area contributed by atoms with E-state index < -0.39 is 0 Å². The van der Waals surface area contributed by atoms with Crippen LogP contribution in [0.25, 0.3) is 0 Å². The summed E-state index contributed by atoms with van der Waals surface area (Å²) in [5, 5.41) is 5.65. The van der Waals surface area contributed by atoms with E-state index in [0.29, 0.717) is 6.10 Å². The summed E-state index contributed by atoms with van der Waals surface area (Å²) in [4.78, 5) is 1.45. The molecule has 0 amide bonds. The predicted molar refractivity (Wildman–Crippen MR) is 82.8 cm³/mol. The first-order valence-corrected chi connectivity index (χ1v) is 8.54. The van der Waals surface area contributed by atoms with E-state index in [4.69, 9.17) is 4.74 Å². The Morgan fingerprint density at radius 2 is 2.21 bits per heavy atom. The SMILES string of the molecule is CCC1CCCCC1OCCNCc1sccc1C. The molecule has 2 unspecified atom stereocenters. The van der Waals surface area contributed by atoms with Gasteiger partial charge >= 0.3 is 0 Å². The number of hydrogen-bond acceptors (Lipinski definition) is 3.